The molecule has 3 nitrogen and oxygen atoms in total. The Morgan fingerprint density at radius 3 is 2.23 bits per heavy atom. The Balaban J connectivity index is 0.000000132. The minimum Gasteiger partial charge on any atom is -0.387 e. The molecule has 0 amide bonds. The fraction of sp³-hybridized carbons (Fsp3) is 0.300. The molecule has 13 heavy (non-hydrogen) atoms. The number of aromatic nitrogens is 1. The van der Waals surface area contributed by atoms with Crippen molar-refractivity contribution in [2.75, 3.05) is 6.54 Å². The number of pyridine rings is 1. The molecule has 2 heterocycles. The average molecular weight is 177 g/mol. The summed E-state index contributed by atoms with van der Waals surface area (Å²) in [6, 6.07) is 5.97. The summed E-state index contributed by atoms with van der Waals surface area (Å²) in [7, 11) is 0. The van der Waals surface area contributed by atoms with Crippen LogP contribution in [-0.2, 0) is 0 Å². The molecule has 2 rings (SSSR count). The van der Waals surface area contributed by atoms with Gasteiger partial charge in [0, 0.05) is 30.7 Å². The fourth-order valence-corrected chi connectivity index (χ4v) is 1.03. The van der Waals surface area contributed by atoms with Crippen LogP contribution in [0.4, 0.5) is 0 Å². The molecule has 0 saturated carbocycles. The van der Waals surface area contributed by atoms with E-state index in [2.05, 4.69) is 10.3 Å². The van der Waals surface area contributed by atoms with E-state index in [0.29, 0.717) is 0 Å². The number of nitrogens with two attached hydrogens (primary N) is 1. The van der Waals surface area contributed by atoms with Crippen LogP contribution in [-0.4, -0.2) is 17.6 Å². The van der Waals surface area contributed by atoms with Crippen LogP contribution in [0.15, 0.2) is 42.4 Å². The van der Waals surface area contributed by atoms with Crippen molar-refractivity contribution in [1.29, 1.82) is 0 Å². The summed E-state index contributed by atoms with van der Waals surface area (Å²) < 4.78 is 0. The van der Waals surface area contributed by atoms with E-state index in [-0.39, 0.29) is 6.04 Å². The summed E-state index contributed by atoms with van der Waals surface area (Å²) in [4.78, 5) is 3.78. The lowest BCUT2D eigenvalue weighted by Gasteiger charge is -1.93. The monoisotopic (exact) mass is 177 g/mol. The van der Waals surface area contributed by atoms with Crippen LogP contribution in [0.5, 0.6) is 0 Å². The van der Waals surface area contributed by atoms with Crippen molar-refractivity contribution in [3.8, 4) is 0 Å². The van der Waals surface area contributed by atoms with Gasteiger partial charge in [-0.1, -0.05) is 6.07 Å². The summed E-state index contributed by atoms with van der Waals surface area (Å²) in [5.41, 5.74) is 6.69. The molecule has 0 aromatic carbocycles. The van der Waals surface area contributed by atoms with Crippen LogP contribution >= 0.6 is 0 Å². The molecule has 0 aliphatic carbocycles. The van der Waals surface area contributed by atoms with Gasteiger partial charge in [-0.3, -0.25) is 4.98 Å². The Labute approximate surface area is 78.7 Å². The van der Waals surface area contributed by atoms with Crippen molar-refractivity contribution in [1.82, 2.24) is 10.3 Å². The second-order valence-electron chi connectivity index (χ2n) is 2.92. The fourth-order valence-electron chi connectivity index (χ4n) is 1.03. The molecule has 1 aliphatic rings. The first-order valence-electron chi connectivity index (χ1n) is 4.32. The minimum absolute atomic E-state index is 0.250. The maximum Gasteiger partial charge on any atom is 0.0419 e. The van der Waals surface area contributed by atoms with E-state index in [0.717, 1.165) is 6.54 Å². The molecule has 0 saturated heterocycles. The van der Waals surface area contributed by atoms with Crippen molar-refractivity contribution in [2.45, 2.75) is 13.0 Å². The van der Waals surface area contributed by atoms with Crippen molar-refractivity contribution in [3.63, 3.8) is 0 Å². The molecule has 70 valence electrons. The molecule has 0 radical (unpaired) electrons. The third-order valence-corrected chi connectivity index (χ3v) is 1.65. The molecule has 0 bridgehead atoms. The number of nitrogens with one attached hydrogen (secondary N) is 1. The predicted octanol–water partition coefficient (Wildman–Crippen LogP) is 0.902. The molecular weight excluding hydrogens is 162 g/mol. The van der Waals surface area contributed by atoms with E-state index in [4.69, 9.17) is 5.73 Å². The summed E-state index contributed by atoms with van der Waals surface area (Å²) in [6.45, 7) is 2.93. The van der Waals surface area contributed by atoms with E-state index in [9.17, 15) is 0 Å². The SMILES string of the molecule is CC1=C[C@H](N)CN1.c1ccncc1. The maximum atomic E-state index is 5.49. The highest BCUT2D eigenvalue weighted by Gasteiger charge is 2.04. The van der Waals surface area contributed by atoms with Gasteiger partial charge in [0.2, 0.25) is 0 Å². The molecule has 3 N–H and O–H groups in total. The Hall–Kier alpha value is -1.35. The van der Waals surface area contributed by atoms with Crippen LogP contribution in [0.1, 0.15) is 6.92 Å². The highest BCUT2D eigenvalue weighted by molar-refractivity contribution is 5.08. The molecule has 1 aromatic heterocycles. The lowest BCUT2D eigenvalue weighted by molar-refractivity contribution is 0.780. The van der Waals surface area contributed by atoms with Gasteiger partial charge in [-0.15, -0.1) is 0 Å². The zero-order valence-electron chi connectivity index (χ0n) is 7.77. The molecule has 1 atom stereocenters. The highest BCUT2D eigenvalue weighted by atomic mass is 14.9. The maximum absolute atomic E-state index is 5.49. The van der Waals surface area contributed by atoms with Gasteiger partial charge in [0.1, 0.15) is 0 Å². The molecule has 1 aromatic rings. The van der Waals surface area contributed by atoms with Gasteiger partial charge in [0.25, 0.3) is 0 Å². The zero-order chi connectivity index (χ0) is 9.52. The summed E-state index contributed by atoms with van der Waals surface area (Å²) in [6.07, 6.45) is 5.53. The Kier molecular flexibility index (Phi) is 3.99. The van der Waals surface area contributed by atoms with Crippen LogP contribution in [0.3, 0.4) is 0 Å². The molecule has 0 fully saturated rings. The van der Waals surface area contributed by atoms with Gasteiger partial charge in [-0.05, 0) is 25.1 Å². The quantitative estimate of drug-likeness (QED) is 0.619. The Bertz CT molecular complexity index is 229. The van der Waals surface area contributed by atoms with Crippen molar-refractivity contribution < 1.29 is 0 Å². The largest absolute Gasteiger partial charge is 0.387 e. The molecule has 1 aliphatic heterocycles. The van der Waals surface area contributed by atoms with Gasteiger partial charge in [0.15, 0.2) is 0 Å². The smallest absolute Gasteiger partial charge is 0.0419 e. The number of allylic oxidation sites excluding steroid dienone is 1. The van der Waals surface area contributed by atoms with Crippen molar-refractivity contribution in [3.05, 3.63) is 42.4 Å². The van der Waals surface area contributed by atoms with Crippen LogP contribution in [0.2, 0.25) is 0 Å². The minimum atomic E-state index is 0.250. The van der Waals surface area contributed by atoms with Crippen molar-refractivity contribution >= 4 is 0 Å². The molecule has 0 spiro atoms. The van der Waals surface area contributed by atoms with Crippen LogP contribution < -0.4 is 11.1 Å². The third-order valence-electron chi connectivity index (χ3n) is 1.65. The van der Waals surface area contributed by atoms with Gasteiger partial charge >= 0.3 is 0 Å². The second kappa shape index (κ2) is 5.32. The van der Waals surface area contributed by atoms with Gasteiger partial charge in [0.05, 0.1) is 0 Å². The first-order valence-corrected chi connectivity index (χ1v) is 4.32. The summed E-state index contributed by atoms with van der Waals surface area (Å²) in [5, 5.41) is 3.11. The van der Waals surface area contributed by atoms with E-state index in [1.165, 1.54) is 5.70 Å². The standard InChI is InChI=1S/C5H10N2.C5H5N/c1-4-2-5(6)3-7-4;1-2-4-6-5-3-1/h2,5,7H,3,6H2,1H3;1-5H/t5-;/m0./s1. The zero-order valence-corrected chi connectivity index (χ0v) is 7.77. The Morgan fingerprint density at radius 2 is 2.08 bits per heavy atom. The topological polar surface area (TPSA) is 50.9 Å². The lowest BCUT2D eigenvalue weighted by Crippen LogP contribution is -2.23. The van der Waals surface area contributed by atoms with Gasteiger partial charge < -0.3 is 11.1 Å². The van der Waals surface area contributed by atoms with E-state index in [1.807, 2.05) is 31.2 Å². The molecule has 0 unspecified atom stereocenters. The van der Waals surface area contributed by atoms with Crippen LogP contribution in [0.25, 0.3) is 0 Å². The molecule has 3 heteroatoms. The second-order valence-corrected chi connectivity index (χ2v) is 2.92. The summed E-state index contributed by atoms with van der Waals surface area (Å²) in [5.74, 6) is 0. The first kappa shape index (κ1) is 9.74. The van der Waals surface area contributed by atoms with E-state index >= 15 is 0 Å². The van der Waals surface area contributed by atoms with E-state index < -0.39 is 0 Å². The first-order chi connectivity index (χ1) is 6.29. The average Bonchev–Trinajstić information content (AvgIpc) is 2.54. The molecular formula is C10H15N3. The lowest BCUT2D eigenvalue weighted by atomic mass is 10.3. The number of hydrogen-bond donors (Lipinski definition) is 2. The third kappa shape index (κ3) is 4.28. The van der Waals surface area contributed by atoms with Gasteiger partial charge in [-0.25, -0.2) is 0 Å². The summed E-state index contributed by atoms with van der Waals surface area (Å²) >= 11 is 0. The van der Waals surface area contributed by atoms with Crippen LogP contribution in [0, 0.1) is 0 Å². The predicted molar refractivity (Wildman–Crippen MR) is 54.0 cm³/mol. The van der Waals surface area contributed by atoms with Gasteiger partial charge in [-0.2, -0.15) is 0 Å². The number of nitrogens with zero attached hydrogens (tertiary/aromatic N) is 1. The van der Waals surface area contributed by atoms with E-state index in [1.54, 1.807) is 12.4 Å². The number of hydrogen-bond acceptors (Lipinski definition) is 3. The number of rotatable bonds is 0. The normalized spacial score (nSPS) is 19.5. The highest BCUT2D eigenvalue weighted by Crippen LogP contribution is 1.96. The Morgan fingerprint density at radius 1 is 1.38 bits per heavy atom. The van der Waals surface area contributed by atoms with Crippen molar-refractivity contribution in [2.24, 2.45) is 5.73 Å².